The second kappa shape index (κ2) is 12.0. The first-order valence-corrected chi connectivity index (χ1v) is 10.2. The van der Waals surface area contributed by atoms with E-state index in [0.717, 1.165) is 46.0 Å². The number of hydrogen-bond acceptors (Lipinski definition) is 4. The van der Waals surface area contributed by atoms with Crippen LogP contribution in [0.2, 0.25) is 0 Å². The Morgan fingerprint density at radius 1 is 1.13 bits per heavy atom. The third-order valence-corrected chi connectivity index (χ3v) is 5.09. The summed E-state index contributed by atoms with van der Waals surface area (Å²) in [4.78, 5) is 16.7. The standard InChI is InChI=1S/C25H36N2O3/c1-10-17(5)24(29-8)19(7)21(16(3)4)15-26-23(11-2)27-22-14-20(25(28)30-9)13-12-18(22)6/h10,12-14H,11,15H2,1-9H3,(H,26,27)/b17-10-,24-19+. The van der Waals surface area contributed by atoms with E-state index in [4.69, 9.17) is 14.5 Å². The fourth-order valence-corrected chi connectivity index (χ4v) is 3.10. The van der Waals surface area contributed by atoms with Gasteiger partial charge in [0.25, 0.3) is 0 Å². The van der Waals surface area contributed by atoms with E-state index < -0.39 is 0 Å². The highest BCUT2D eigenvalue weighted by Crippen LogP contribution is 2.24. The molecule has 1 N–H and O–H groups in total. The normalized spacial score (nSPS) is 12.8. The van der Waals surface area contributed by atoms with Crippen LogP contribution in [0.3, 0.4) is 0 Å². The fourth-order valence-electron chi connectivity index (χ4n) is 3.10. The lowest BCUT2D eigenvalue weighted by molar-refractivity contribution is 0.0601. The van der Waals surface area contributed by atoms with Crippen molar-refractivity contribution >= 4 is 17.5 Å². The minimum atomic E-state index is -0.355. The molecule has 30 heavy (non-hydrogen) atoms. The lowest BCUT2D eigenvalue weighted by Gasteiger charge is -2.17. The Bertz CT molecular complexity index is 886. The second-order valence-electron chi connectivity index (χ2n) is 7.37. The molecule has 0 saturated heterocycles. The van der Waals surface area contributed by atoms with Gasteiger partial charge in [0.2, 0.25) is 0 Å². The number of ether oxygens (including phenoxy) is 2. The van der Waals surface area contributed by atoms with Crippen molar-refractivity contribution in [1.29, 1.82) is 0 Å². The predicted molar refractivity (Wildman–Crippen MR) is 126 cm³/mol. The van der Waals surface area contributed by atoms with Gasteiger partial charge < -0.3 is 14.8 Å². The van der Waals surface area contributed by atoms with Gasteiger partial charge in [-0.3, -0.25) is 4.99 Å². The van der Waals surface area contributed by atoms with Crippen molar-refractivity contribution < 1.29 is 14.3 Å². The van der Waals surface area contributed by atoms with Crippen molar-refractivity contribution in [3.05, 3.63) is 63.5 Å². The predicted octanol–water partition coefficient (Wildman–Crippen LogP) is 6.23. The van der Waals surface area contributed by atoms with Gasteiger partial charge in [0.15, 0.2) is 0 Å². The summed E-state index contributed by atoms with van der Waals surface area (Å²) in [6, 6.07) is 5.47. The molecule has 0 aromatic heterocycles. The number of benzene rings is 1. The molecule has 0 bridgehead atoms. The summed E-state index contributed by atoms with van der Waals surface area (Å²) >= 11 is 0. The second-order valence-corrected chi connectivity index (χ2v) is 7.37. The average molecular weight is 413 g/mol. The van der Waals surface area contributed by atoms with Crippen LogP contribution in [0.25, 0.3) is 0 Å². The van der Waals surface area contributed by atoms with Gasteiger partial charge in [0.1, 0.15) is 11.6 Å². The van der Waals surface area contributed by atoms with Crippen LogP contribution >= 0.6 is 0 Å². The summed E-state index contributed by atoms with van der Waals surface area (Å²) in [6.45, 7) is 14.9. The van der Waals surface area contributed by atoms with E-state index in [2.05, 4.69) is 33.0 Å². The maximum absolute atomic E-state index is 11.9. The number of amidine groups is 1. The summed E-state index contributed by atoms with van der Waals surface area (Å²) in [7, 11) is 3.09. The van der Waals surface area contributed by atoms with Gasteiger partial charge in [-0.05, 0) is 76.0 Å². The van der Waals surface area contributed by atoms with Crippen LogP contribution < -0.4 is 5.32 Å². The van der Waals surface area contributed by atoms with Gasteiger partial charge in [-0.1, -0.05) is 24.6 Å². The number of rotatable bonds is 8. The lowest BCUT2D eigenvalue weighted by atomic mass is 9.99. The highest BCUT2D eigenvalue weighted by Gasteiger charge is 2.12. The van der Waals surface area contributed by atoms with E-state index in [-0.39, 0.29) is 5.97 Å². The number of allylic oxidation sites excluding steroid dienone is 3. The monoisotopic (exact) mass is 412 g/mol. The van der Waals surface area contributed by atoms with Crippen molar-refractivity contribution in [2.24, 2.45) is 4.99 Å². The number of carbonyl (C=O) groups excluding carboxylic acids is 1. The molecule has 0 aliphatic carbocycles. The zero-order valence-corrected chi connectivity index (χ0v) is 19.9. The smallest absolute Gasteiger partial charge is 0.337 e. The van der Waals surface area contributed by atoms with Crippen LogP contribution in [-0.2, 0) is 9.47 Å². The highest BCUT2D eigenvalue weighted by molar-refractivity contribution is 5.98. The zero-order valence-electron chi connectivity index (χ0n) is 19.9. The number of carbonyl (C=O) groups is 1. The van der Waals surface area contributed by atoms with Crippen molar-refractivity contribution in [2.45, 2.75) is 54.9 Å². The molecule has 0 aliphatic rings. The molecule has 164 valence electrons. The van der Waals surface area contributed by atoms with Gasteiger partial charge in [0, 0.05) is 12.1 Å². The topological polar surface area (TPSA) is 59.9 Å². The molecular formula is C25H36N2O3. The molecule has 5 heteroatoms. The molecule has 0 aliphatic heterocycles. The Labute approximate surface area is 181 Å². The molecule has 0 atom stereocenters. The minimum Gasteiger partial charge on any atom is -0.496 e. The summed E-state index contributed by atoms with van der Waals surface area (Å²) in [5.74, 6) is 1.39. The molecule has 0 unspecified atom stereocenters. The largest absolute Gasteiger partial charge is 0.496 e. The third kappa shape index (κ3) is 6.61. The van der Waals surface area contributed by atoms with Gasteiger partial charge in [-0.2, -0.15) is 0 Å². The van der Waals surface area contributed by atoms with Crippen LogP contribution in [0.5, 0.6) is 0 Å². The molecular weight excluding hydrogens is 376 g/mol. The van der Waals surface area contributed by atoms with Crippen LogP contribution in [0, 0.1) is 6.92 Å². The Hall–Kier alpha value is -2.82. The highest BCUT2D eigenvalue weighted by atomic mass is 16.5. The maximum Gasteiger partial charge on any atom is 0.337 e. The first kappa shape index (κ1) is 25.2. The van der Waals surface area contributed by atoms with E-state index >= 15 is 0 Å². The Balaban J connectivity index is 3.23. The van der Waals surface area contributed by atoms with Crippen LogP contribution in [0.1, 0.15) is 63.9 Å². The molecule has 1 rings (SSSR count). The van der Waals surface area contributed by atoms with E-state index in [1.54, 1.807) is 19.2 Å². The number of nitrogens with one attached hydrogen (secondary N) is 1. The molecule has 0 amide bonds. The summed E-state index contributed by atoms with van der Waals surface area (Å²) in [5, 5.41) is 3.39. The fraction of sp³-hybridized carbons (Fsp3) is 0.440. The number of aryl methyl sites for hydroxylation is 1. The molecule has 5 nitrogen and oxygen atoms in total. The number of methoxy groups -OCH3 is 2. The number of nitrogens with zero attached hydrogens (tertiary/aromatic N) is 1. The summed E-state index contributed by atoms with van der Waals surface area (Å²) in [6.07, 6.45) is 2.79. The number of anilines is 1. The molecule has 0 fully saturated rings. The van der Waals surface area contributed by atoms with Gasteiger partial charge >= 0.3 is 5.97 Å². The number of aliphatic imine (C=N–C) groups is 1. The van der Waals surface area contributed by atoms with E-state index in [9.17, 15) is 4.79 Å². The molecule has 1 aromatic rings. The van der Waals surface area contributed by atoms with Crippen LogP contribution in [0.15, 0.2) is 57.3 Å². The Morgan fingerprint density at radius 2 is 1.80 bits per heavy atom. The first-order valence-electron chi connectivity index (χ1n) is 10.2. The van der Waals surface area contributed by atoms with Crippen molar-refractivity contribution in [3.8, 4) is 0 Å². The lowest BCUT2D eigenvalue weighted by Crippen LogP contribution is -2.14. The van der Waals surface area contributed by atoms with Gasteiger partial charge in [-0.25, -0.2) is 4.79 Å². The third-order valence-electron chi connectivity index (χ3n) is 5.09. The SMILES string of the molecule is C/C=C(C)\C(OC)=C(\C)C(CN=C(CC)Nc1cc(C(=O)OC)ccc1C)=C(C)C. The van der Waals surface area contributed by atoms with Crippen molar-refractivity contribution in [3.63, 3.8) is 0 Å². The molecule has 0 saturated carbocycles. The molecule has 0 heterocycles. The van der Waals surface area contributed by atoms with Gasteiger partial charge in [-0.15, -0.1) is 0 Å². The van der Waals surface area contributed by atoms with E-state index in [1.165, 1.54) is 12.7 Å². The number of esters is 1. The molecule has 1 aromatic carbocycles. The Morgan fingerprint density at radius 3 is 2.30 bits per heavy atom. The zero-order chi connectivity index (χ0) is 22.8. The van der Waals surface area contributed by atoms with Crippen LogP contribution in [-0.4, -0.2) is 32.6 Å². The van der Waals surface area contributed by atoms with E-state index in [1.807, 2.05) is 32.9 Å². The van der Waals surface area contributed by atoms with Crippen LogP contribution in [0.4, 0.5) is 5.69 Å². The molecule has 0 spiro atoms. The van der Waals surface area contributed by atoms with Gasteiger partial charge in [0.05, 0.1) is 26.3 Å². The molecule has 0 radical (unpaired) electrons. The van der Waals surface area contributed by atoms with Crippen molar-refractivity contribution in [1.82, 2.24) is 0 Å². The first-order chi connectivity index (χ1) is 14.2. The summed E-state index contributed by atoms with van der Waals surface area (Å²) < 4.78 is 10.5. The maximum atomic E-state index is 11.9. The van der Waals surface area contributed by atoms with Crippen molar-refractivity contribution in [2.75, 3.05) is 26.1 Å². The number of hydrogen-bond donors (Lipinski definition) is 1. The average Bonchev–Trinajstić information content (AvgIpc) is 2.73. The quantitative estimate of drug-likeness (QED) is 0.181. The minimum absolute atomic E-state index is 0.355. The summed E-state index contributed by atoms with van der Waals surface area (Å²) in [5.41, 5.74) is 6.95. The Kier molecular flexibility index (Phi) is 10.1. The van der Waals surface area contributed by atoms with E-state index in [0.29, 0.717) is 12.1 Å².